The molecule has 146 valence electrons. The third-order valence-electron chi connectivity index (χ3n) is 3.53. The van der Waals surface area contributed by atoms with Crippen LogP contribution in [0.5, 0.6) is 0 Å². The van der Waals surface area contributed by atoms with Gasteiger partial charge >= 0.3 is 6.18 Å². The molecule has 0 atom stereocenters. The van der Waals surface area contributed by atoms with Gasteiger partial charge in [0, 0.05) is 12.2 Å². The van der Waals surface area contributed by atoms with E-state index in [1.54, 1.807) is 0 Å². The van der Waals surface area contributed by atoms with Crippen molar-refractivity contribution >= 4 is 21.6 Å². The smallest absolute Gasteiger partial charge is 0.325 e. The van der Waals surface area contributed by atoms with Crippen LogP contribution >= 0.6 is 0 Å². The molecule has 0 unspecified atom stereocenters. The summed E-state index contributed by atoms with van der Waals surface area (Å²) in [4.78, 5) is 12.1. The van der Waals surface area contributed by atoms with Gasteiger partial charge in [0.15, 0.2) is 0 Å². The van der Waals surface area contributed by atoms with Gasteiger partial charge in [0.05, 0.1) is 18.4 Å². The summed E-state index contributed by atoms with van der Waals surface area (Å²) in [5.74, 6) is -1.30. The quantitative estimate of drug-likeness (QED) is 0.752. The summed E-state index contributed by atoms with van der Waals surface area (Å²) in [5.41, 5.74) is -0.592. The second-order valence-corrected chi connectivity index (χ2v) is 7.77. The molecule has 0 aliphatic carbocycles. The fraction of sp³-hybridized carbons (Fsp3) is 0.235. The van der Waals surface area contributed by atoms with Gasteiger partial charge in [0.25, 0.3) is 0 Å². The second-order valence-electron chi connectivity index (χ2n) is 5.78. The largest absolute Gasteiger partial charge is 0.416 e. The maximum atomic E-state index is 13.0. The number of nitrogens with zero attached hydrogens (tertiary/aromatic N) is 1. The number of carbonyl (C=O) groups is 1. The number of hydrogen-bond donors (Lipinski definition) is 1. The van der Waals surface area contributed by atoms with Crippen molar-refractivity contribution in [2.24, 2.45) is 0 Å². The normalized spacial score (nSPS) is 12.2. The SMILES string of the molecule is CS(=O)(=O)N(CC(=O)Nc1cccc(C(F)(F)F)c1)Cc1ccc(F)cc1. The monoisotopic (exact) mass is 404 g/mol. The highest BCUT2D eigenvalue weighted by Crippen LogP contribution is 2.30. The van der Waals surface area contributed by atoms with E-state index in [1.807, 2.05) is 0 Å². The van der Waals surface area contributed by atoms with Crippen molar-refractivity contribution in [2.75, 3.05) is 18.1 Å². The molecule has 0 saturated carbocycles. The number of halogens is 4. The lowest BCUT2D eigenvalue weighted by molar-refractivity contribution is -0.137. The Balaban J connectivity index is 2.11. The number of nitrogens with one attached hydrogen (secondary N) is 1. The van der Waals surface area contributed by atoms with Crippen molar-refractivity contribution in [2.45, 2.75) is 12.7 Å². The first-order chi connectivity index (χ1) is 12.4. The van der Waals surface area contributed by atoms with Crippen LogP contribution in [0, 0.1) is 5.82 Å². The summed E-state index contributed by atoms with van der Waals surface area (Å²) in [6, 6.07) is 9.05. The summed E-state index contributed by atoms with van der Waals surface area (Å²) >= 11 is 0. The average Bonchev–Trinajstić information content (AvgIpc) is 2.55. The molecule has 0 heterocycles. The number of anilines is 1. The lowest BCUT2D eigenvalue weighted by Gasteiger charge is -2.20. The van der Waals surface area contributed by atoms with Crippen molar-refractivity contribution in [3.05, 3.63) is 65.5 Å². The molecule has 0 bridgehead atoms. The first-order valence-electron chi connectivity index (χ1n) is 7.62. The predicted octanol–water partition coefficient (Wildman–Crippen LogP) is 3.24. The molecule has 1 N–H and O–H groups in total. The fourth-order valence-electron chi connectivity index (χ4n) is 2.22. The van der Waals surface area contributed by atoms with Gasteiger partial charge in [-0.05, 0) is 35.9 Å². The third kappa shape index (κ3) is 6.33. The van der Waals surface area contributed by atoms with Crippen molar-refractivity contribution in [3.63, 3.8) is 0 Å². The lowest BCUT2D eigenvalue weighted by Crippen LogP contribution is -2.36. The second kappa shape index (κ2) is 8.05. The van der Waals surface area contributed by atoms with Gasteiger partial charge in [-0.1, -0.05) is 18.2 Å². The Hall–Kier alpha value is -2.46. The molecule has 0 radical (unpaired) electrons. The van der Waals surface area contributed by atoms with Crippen LogP contribution in [0.1, 0.15) is 11.1 Å². The Morgan fingerprint density at radius 2 is 1.74 bits per heavy atom. The number of alkyl halides is 3. The van der Waals surface area contributed by atoms with E-state index in [4.69, 9.17) is 0 Å². The van der Waals surface area contributed by atoms with Crippen LogP contribution in [0.25, 0.3) is 0 Å². The number of sulfonamides is 1. The van der Waals surface area contributed by atoms with Gasteiger partial charge in [0.2, 0.25) is 15.9 Å². The molecule has 0 fully saturated rings. The average molecular weight is 404 g/mol. The summed E-state index contributed by atoms with van der Waals surface area (Å²) in [6.07, 6.45) is -3.67. The minimum atomic E-state index is -4.57. The first-order valence-corrected chi connectivity index (χ1v) is 9.46. The van der Waals surface area contributed by atoms with Crippen LogP contribution < -0.4 is 5.32 Å². The zero-order chi connectivity index (χ0) is 20.2. The van der Waals surface area contributed by atoms with Crippen molar-refractivity contribution in [1.29, 1.82) is 0 Å². The Bertz CT molecular complexity index is 913. The van der Waals surface area contributed by atoms with Gasteiger partial charge in [-0.3, -0.25) is 4.79 Å². The summed E-state index contributed by atoms with van der Waals surface area (Å²) < 4.78 is 75.7. The number of carbonyl (C=O) groups excluding carboxylic acids is 1. The van der Waals surface area contributed by atoms with Crippen LogP contribution in [0.2, 0.25) is 0 Å². The molecule has 2 aromatic rings. The van der Waals surface area contributed by atoms with Crippen molar-refractivity contribution in [1.82, 2.24) is 4.31 Å². The van der Waals surface area contributed by atoms with Crippen LogP contribution in [0.4, 0.5) is 23.2 Å². The Morgan fingerprint density at radius 1 is 1.11 bits per heavy atom. The maximum Gasteiger partial charge on any atom is 0.416 e. The number of benzene rings is 2. The molecule has 10 heteroatoms. The van der Waals surface area contributed by atoms with Crippen molar-refractivity contribution < 1.29 is 30.8 Å². The Labute approximate surface area is 153 Å². The van der Waals surface area contributed by atoms with Gasteiger partial charge < -0.3 is 5.32 Å². The van der Waals surface area contributed by atoms with E-state index in [-0.39, 0.29) is 12.2 Å². The molecule has 2 aromatic carbocycles. The van der Waals surface area contributed by atoms with Crippen LogP contribution in [-0.4, -0.2) is 31.4 Å². The summed E-state index contributed by atoms with van der Waals surface area (Å²) in [7, 11) is -3.79. The molecule has 0 aliphatic rings. The first kappa shape index (κ1) is 20.8. The highest BCUT2D eigenvalue weighted by molar-refractivity contribution is 7.88. The molecular formula is C17H16F4N2O3S. The van der Waals surface area contributed by atoms with Gasteiger partial charge in [-0.2, -0.15) is 17.5 Å². The number of amides is 1. The van der Waals surface area contributed by atoms with Crippen LogP contribution in [0.15, 0.2) is 48.5 Å². The van der Waals surface area contributed by atoms with Gasteiger partial charge in [0.1, 0.15) is 5.82 Å². The number of rotatable bonds is 6. The topological polar surface area (TPSA) is 66.5 Å². The molecule has 0 spiro atoms. The van der Waals surface area contributed by atoms with E-state index < -0.39 is 40.0 Å². The van der Waals surface area contributed by atoms with Crippen LogP contribution in [-0.2, 0) is 27.5 Å². The molecular weight excluding hydrogens is 388 g/mol. The molecule has 0 saturated heterocycles. The standard InChI is InChI=1S/C17H16F4N2O3S/c1-27(25,26)23(10-12-5-7-14(18)8-6-12)11-16(24)22-15-4-2-3-13(9-15)17(19,20)21/h2-9H,10-11H2,1H3,(H,22,24). The van der Waals surface area contributed by atoms with E-state index >= 15 is 0 Å². The molecule has 2 rings (SSSR count). The molecule has 1 amide bonds. The molecule has 5 nitrogen and oxygen atoms in total. The van der Waals surface area contributed by atoms with E-state index in [9.17, 15) is 30.8 Å². The summed E-state index contributed by atoms with van der Waals surface area (Å²) in [6.45, 7) is -0.790. The van der Waals surface area contributed by atoms with E-state index in [0.29, 0.717) is 5.56 Å². The third-order valence-corrected chi connectivity index (χ3v) is 4.73. The molecule has 0 aromatic heterocycles. The highest BCUT2D eigenvalue weighted by Gasteiger charge is 2.30. The fourth-order valence-corrected chi connectivity index (χ4v) is 2.95. The maximum absolute atomic E-state index is 13.0. The zero-order valence-corrected chi connectivity index (χ0v) is 14.9. The minimum Gasteiger partial charge on any atom is -0.325 e. The van der Waals surface area contributed by atoms with Crippen LogP contribution in [0.3, 0.4) is 0 Å². The van der Waals surface area contributed by atoms with E-state index in [1.165, 1.54) is 18.2 Å². The Kier molecular flexibility index (Phi) is 6.22. The highest BCUT2D eigenvalue weighted by atomic mass is 32.2. The number of hydrogen-bond acceptors (Lipinski definition) is 3. The zero-order valence-electron chi connectivity index (χ0n) is 14.1. The molecule has 27 heavy (non-hydrogen) atoms. The van der Waals surface area contributed by atoms with E-state index in [2.05, 4.69) is 5.32 Å². The lowest BCUT2D eigenvalue weighted by atomic mass is 10.2. The Morgan fingerprint density at radius 3 is 2.30 bits per heavy atom. The van der Waals surface area contributed by atoms with E-state index in [0.717, 1.165) is 40.9 Å². The predicted molar refractivity (Wildman–Crippen MR) is 91.7 cm³/mol. The summed E-state index contributed by atoms with van der Waals surface area (Å²) in [5, 5.41) is 2.25. The molecule has 0 aliphatic heterocycles. The minimum absolute atomic E-state index is 0.106. The van der Waals surface area contributed by atoms with Crippen molar-refractivity contribution in [3.8, 4) is 0 Å². The van der Waals surface area contributed by atoms with Gasteiger partial charge in [-0.15, -0.1) is 0 Å². The van der Waals surface area contributed by atoms with Gasteiger partial charge in [-0.25, -0.2) is 12.8 Å².